The molecule has 3 atom stereocenters. The van der Waals surface area contributed by atoms with Crippen LogP contribution in [0.15, 0.2) is 97.2 Å². The monoisotopic (exact) mass is 522 g/mol. The predicted molar refractivity (Wildman–Crippen MR) is 155 cm³/mol. The van der Waals surface area contributed by atoms with Gasteiger partial charge in [0.15, 0.2) is 0 Å². The van der Waals surface area contributed by atoms with Gasteiger partial charge in [0, 0.05) is 49.4 Å². The smallest absolute Gasteiger partial charge is 0.254 e. The number of β-amino-alcohol motifs (C(OH)–C–C–N with tert-alkyl or cyclic N) is 1. The van der Waals surface area contributed by atoms with Gasteiger partial charge in [0.2, 0.25) is 0 Å². The van der Waals surface area contributed by atoms with Gasteiger partial charge in [-0.1, -0.05) is 99.6 Å². The Balaban J connectivity index is 1.64. The number of aliphatic hydroxyl groups is 1. The van der Waals surface area contributed by atoms with E-state index in [4.69, 9.17) is 4.98 Å². The average Bonchev–Trinajstić information content (AvgIpc) is 3.54. The second-order valence-corrected chi connectivity index (χ2v) is 11.5. The van der Waals surface area contributed by atoms with E-state index in [1.807, 2.05) is 71.6 Å². The lowest BCUT2D eigenvalue weighted by atomic mass is 9.83. The van der Waals surface area contributed by atoms with Crippen LogP contribution in [0.2, 0.25) is 0 Å². The number of aliphatic hydroxyl groups excluding tert-OH is 1. The van der Waals surface area contributed by atoms with Gasteiger partial charge in [-0.3, -0.25) is 4.79 Å². The van der Waals surface area contributed by atoms with Gasteiger partial charge in [-0.2, -0.15) is 0 Å². The number of hydrogen-bond donors (Lipinski definition) is 2. The summed E-state index contributed by atoms with van der Waals surface area (Å²) in [5.41, 5.74) is 3.38. The van der Waals surface area contributed by atoms with Crippen molar-refractivity contribution in [1.82, 2.24) is 19.8 Å². The highest BCUT2D eigenvalue weighted by atomic mass is 16.3. The molecule has 3 aromatic carbocycles. The Hall–Kier alpha value is -3.74. The molecule has 0 radical (unpaired) electrons. The number of rotatable bonds is 8. The number of carbonyl (C=O) groups excluding carboxylic acids is 1. The first-order chi connectivity index (χ1) is 18.8. The Morgan fingerprint density at radius 3 is 2.18 bits per heavy atom. The van der Waals surface area contributed by atoms with Gasteiger partial charge in [0.05, 0.1) is 17.8 Å². The number of nitrogens with zero attached hydrogens (tertiary/aromatic N) is 3. The second kappa shape index (κ2) is 11.6. The highest BCUT2D eigenvalue weighted by molar-refractivity contribution is 5.94. The first kappa shape index (κ1) is 26.9. The van der Waals surface area contributed by atoms with Crippen LogP contribution in [0.1, 0.15) is 48.6 Å². The zero-order valence-electron chi connectivity index (χ0n) is 23.0. The molecular formula is C33H38N4O2. The fraction of sp³-hybridized carbons (Fsp3) is 0.333. The topological polar surface area (TPSA) is 70.4 Å². The molecule has 0 unspecified atom stereocenters. The Bertz CT molecular complexity index is 1360. The first-order valence-electron chi connectivity index (χ1n) is 13.7. The number of benzene rings is 3. The maximum Gasteiger partial charge on any atom is 0.254 e. The van der Waals surface area contributed by atoms with Crippen LogP contribution >= 0.6 is 0 Å². The molecule has 1 aliphatic heterocycles. The van der Waals surface area contributed by atoms with Gasteiger partial charge in [-0.15, -0.1) is 0 Å². The van der Waals surface area contributed by atoms with E-state index in [9.17, 15) is 9.90 Å². The SMILES string of the molecule is CC(C)(C)[C@H](c1nc(-c2ccccc2)cn1Cc1ccccc1)N(C[C@H]1CNC[C@@H]1O)C(=O)c1ccccc1. The highest BCUT2D eigenvalue weighted by Crippen LogP contribution is 2.40. The minimum atomic E-state index is -0.499. The summed E-state index contributed by atoms with van der Waals surface area (Å²) in [6, 6.07) is 29.6. The van der Waals surface area contributed by atoms with Gasteiger partial charge >= 0.3 is 0 Å². The fourth-order valence-corrected chi connectivity index (χ4v) is 5.51. The molecule has 1 fully saturated rings. The van der Waals surface area contributed by atoms with Crippen LogP contribution in [0.3, 0.4) is 0 Å². The van der Waals surface area contributed by atoms with Crippen molar-refractivity contribution < 1.29 is 9.90 Å². The third-order valence-corrected chi connectivity index (χ3v) is 7.47. The minimum absolute atomic E-state index is 0.0508. The lowest BCUT2D eigenvalue weighted by molar-refractivity contribution is 0.0341. The molecule has 1 amide bonds. The first-order valence-corrected chi connectivity index (χ1v) is 13.7. The molecule has 0 bridgehead atoms. The molecule has 202 valence electrons. The van der Waals surface area contributed by atoms with Crippen LogP contribution < -0.4 is 5.32 Å². The van der Waals surface area contributed by atoms with Gasteiger partial charge in [-0.25, -0.2) is 4.98 Å². The molecular weight excluding hydrogens is 484 g/mol. The molecule has 1 aromatic heterocycles. The van der Waals surface area contributed by atoms with Gasteiger partial charge < -0.3 is 19.9 Å². The van der Waals surface area contributed by atoms with Crippen LogP contribution in [0.25, 0.3) is 11.3 Å². The minimum Gasteiger partial charge on any atom is -0.391 e. The third kappa shape index (κ3) is 6.13. The van der Waals surface area contributed by atoms with E-state index < -0.39 is 6.10 Å². The second-order valence-electron chi connectivity index (χ2n) is 11.5. The van der Waals surface area contributed by atoms with E-state index in [-0.39, 0.29) is 23.3 Å². The molecule has 0 saturated carbocycles. The molecule has 39 heavy (non-hydrogen) atoms. The summed E-state index contributed by atoms with van der Waals surface area (Å²) >= 11 is 0. The van der Waals surface area contributed by atoms with E-state index in [0.29, 0.717) is 31.7 Å². The molecule has 0 spiro atoms. The molecule has 6 nitrogen and oxygen atoms in total. The molecule has 2 N–H and O–H groups in total. The van der Waals surface area contributed by atoms with Crippen molar-refractivity contribution in [3.63, 3.8) is 0 Å². The van der Waals surface area contributed by atoms with E-state index >= 15 is 0 Å². The molecule has 1 aliphatic rings. The van der Waals surface area contributed by atoms with E-state index in [0.717, 1.165) is 17.1 Å². The molecule has 6 heteroatoms. The van der Waals surface area contributed by atoms with E-state index in [2.05, 4.69) is 61.1 Å². The number of aromatic nitrogens is 2. The Kier molecular flexibility index (Phi) is 7.96. The summed E-state index contributed by atoms with van der Waals surface area (Å²) in [5, 5.41) is 14.0. The van der Waals surface area contributed by atoms with Crippen LogP contribution in [-0.2, 0) is 6.54 Å². The van der Waals surface area contributed by atoms with Gasteiger partial charge in [0.25, 0.3) is 5.91 Å². The summed E-state index contributed by atoms with van der Waals surface area (Å²) in [7, 11) is 0. The van der Waals surface area contributed by atoms with Gasteiger partial charge in [0.1, 0.15) is 5.82 Å². The number of nitrogens with one attached hydrogen (secondary N) is 1. The molecule has 1 saturated heterocycles. The lowest BCUT2D eigenvalue weighted by Gasteiger charge is -2.41. The largest absolute Gasteiger partial charge is 0.391 e. The molecule has 2 heterocycles. The van der Waals surface area contributed by atoms with Crippen molar-refractivity contribution in [2.24, 2.45) is 11.3 Å². The lowest BCUT2D eigenvalue weighted by Crippen LogP contribution is -2.46. The van der Waals surface area contributed by atoms with Crippen molar-refractivity contribution >= 4 is 5.91 Å². The molecule has 0 aliphatic carbocycles. The van der Waals surface area contributed by atoms with Crippen LogP contribution in [0, 0.1) is 11.3 Å². The maximum atomic E-state index is 14.2. The Labute approximate surface area is 231 Å². The zero-order valence-corrected chi connectivity index (χ0v) is 23.0. The zero-order chi connectivity index (χ0) is 27.4. The quantitative estimate of drug-likeness (QED) is 0.325. The van der Waals surface area contributed by atoms with Gasteiger partial charge in [-0.05, 0) is 23.1 Å². The number of amides is 1. The van der Waals surface area contributed by atoms with Crippen LogP contribution in [0.5, 0.6) is 0 Å². The highest BCUT2D eigenvalue weighted by Gasteiger charge is 2.41. The standard InChI is InChI=1S/C33H38N4O2/c1-33(2,3)30(37(22-27-19-34-20-29(27)38)32(39)26-17-11-6-12-18-26)31-35-28(25-15-9-5-10-16-25)23-36(31)21-24-13-7-4-8-14-24/h4-18,23,27,29-30,34,38H,19-22H2,1-3H3/t27-,29+,30+/m1/s1. The van der Waals surface area contributed by atoms with Crippen LogP contribution in [-0.4, -0.2) is 51.2 Å². The Morgan fingerprint density at radius 1 is 0.974 bits per heavy atom. The van der Waals surface area contributed by atoms with Crippen LogP contribution in [0.4, 0.5) is 0 Å². The summed E-state index contributed by atoms with van der Waals surface area (Å²) in [6.45, 7) is 8.78. The van der Waals surface area contributed by atoms with E-state index in [1.54, 1.807) is 0 Å². The average molecular weight is 523 g/mol. The Morgan fingerprint density at radius 2 is 1.59 bits per heavy atom. The van der Waals surface area contributed by atoms with Crippen molar-refractivity contribution in [2.45, 2.75) is 39.5 Å². The molecule has 5 rings (SSSR count). The van der Waals surface area contributed by atoms with Crippen molar-refractivity contribution in [2.75, 3.05) is 19.6 Å². The van der Waals surface area contributed by atoms with Crippen molar-refractivity contribution in [3.8, 4) is 11.3 Å². The van der Waals surface area contributed by atoms with Crippen molar-refractivity contribution in [3.05, 3.63) is 114 Å². The summed E-state index contributed by atoms with van der Waals surface area (Å²) in [5.74, 6) is 0.730. The fourth-order valence-electron chi connectivity index (χ4n) is 5.51. The number of imidazole rings is 1. The van der Waals surface area contributed by atoms with E-state index in [1.165, 1.54) is 5.56 Å². The predicted octanol–water partition coefficient (Wildman–Crippen LogP) is 5.41. The maximum absolute atomic E-state index is 14.2. The van der Waals surface area contributed by atoms with Crippen molar-refractivity contribution in [1.29, 1.82) is 0 Å². The number of carbonyl (C=O) groups is 1. The normalized spacial score (nSPS) is 18.2. The number of hydrogen-bond acceptors (Lipinski definition) is 4. The summed E-state index contributed by atoms with van der Waals surface area (Å²) < 4.78 is 2.20. The summed E-state index contributed by atoms with van der Waals surface area (Å²) in [4.78, 5) is 21.4. The summed E-state index contributed by atoms with van der Waals surface area (Å²) in [6.07, 6.45) is 1.61. The third-order valence-electron chi connectivity index (χ3n) is 7.47. The molecule has 4 aromatic rings.